The number of anilines is 1. The fourth-order valence-corrected chi connectivity index (χ4v) is 5.94. The van der Waals surface area contributed by atoms with E-state index in [4.69, 9.17) is 4.42 Å². The average Bonchev–Trinajstić information content (AvgIpc) is 3.43. The third-order valence-electron chi connectivity index (χ3n) is 5.87. The lowest BCUT2D eigenvalue weighted by molar-refractivity contribution is -0.122. The topological polar surface area (TPSA) is 101 Å². The second kappa shape index (κ2) is 9.45. The van der Waals surface area contributed by atoms with Crippen molar-refractivity contribution in [1.29, 1.82) is 0 Å². The van der Waals surface area contributed by atoms with Crippen molar-refractivity contribution < 1.29 is 22.4 Å². The maximum absolute atomic E-state index is 13.4. The molecule has 8 nitrogen and oxygen atoms in total. The number of para-hydroxylation sites is 2. The van der Waals surface area contributed by atoms with Gasteiger partial charge in [0.1, 0.15) is 11.6 Å². The third-order valence-corrected chi connectivity index (χ3v) is 8.28. The van der Waals surface area contributed by atoms with Crippen molar-refractivity contribution in [3.05, 3.63) is 89.9 Å². The SMILES string of the molecule is C=CCN(C1CC(=O)N(c2ccc(-c3nc4ccccc4o3)cc2)C1=O)S(=O)(=O)c1ccc(Br)cc1. The number of carbonyl (C=O) groups excluding carboxylic acids is 2. The zero-order valence-electron chi connectivity index (χ0n) is 18.9. The molecular formula is C26H20BrN3O5S. The molecular weight excluding hydrogens is 546 g/mol. The van der Waals surface area contributed by atoms with Crippen molar-refractivity contribution in [3.8, 4) is 11.5 Å². The number of carbonyl (C=O) groups is 2. The van der Waals surface area contributed by atoms with E-state index < -0.39 is 27.9 Å². The molecule has 0 saturated carbocycles. The number of halogens is 1. The Hall–Kier alpha value is -3.60. The van der Waals surface area contributed by atoms with Crippen LogP contribution >= 0.6 is 15.9 Å². The van der Waals surface area contributed by atoms with Gasteiger partial charge in [0.15, 0.2) is 5.58 Å². The number of sulfonamides is 1. The number of amides is 2. The molecule has 36 heavy (non-hydrogen) atoms. The standard InChI is InChI=1S/C26H20BrN3O5S/c1-2-15-29(36(33,34)20-13-9-18(27)10-14-20)22-16-24(31)30(26(22)32)19-11-7-17(8-12-19)25-28-21-5-3-4-6-23(21)35-25/h2-14,22H,1,15-16H2. The molecule has 0 bridgehead atoms. The number of rotatable bonds is 7. The first-order valence-electron chi connectivity index (χ1n) is 11.0. The second-order valence-corrected chi connectivity index (χ2v) is 10.9. The number of oxazole rings is 1. The highest BCUT2D eigenvalue weighted by Gasteiger charge is 2.46. The van der Waals surface area contributed by atoms with Gasteiger partial charge in [0.05, 0.1) is 17.0 Å². The largest absolute Gasteiger partial charge is 0.436 e. The minimum atomic E-state index is -4.06. The van der Waals surface area contributed by atoms with E-state index in [0.29, 0.717) is 22.7 Å². The van der Waals surface area contributed by atoms with Crippen LogP contribution < -0.4 is 4.90 Å². The Kier molecular flexibility index (Phi) is 6.33. The summed E-state index contributed by atoms with van der Waals surface area (Å²) in [7, 11) is -4.06. The zero-order chi connectivity index (χ0) is 25.4. The van der Waals surface area contributed by atoms with Crippen LogP contribution in [0.25, 0.3) is 22.6 Å². The number of hydrogen-bond acceptors (Lipinski definition) is 6. The Morgan fingerprint density at radius 1 is 1.06 bits per heavy atom. The van der Waals surface area contributed by atoms with E-state index in [0.717, 1.165) is 19.2 Å². The highest BCUT2D eigenvalue weighted by atomic mass is 79.9. The molecule has 10 heteroatoms. The van der Waals surface area contributed by atoms with E-state index >= 15 is 0 Å². The van der Waals surface area contributed by atoms with E-state index in [1.54, 1.807) is 36.4 Å². The lowest BCUT2D eigenvalue weighted by Crippen LogP contribution is -2.45. The lowest BCUT2D eigenvalue weighted by Gasteiger charge is -2.25. The number of benzene rings is 3. The molecule has 5 rings (SSSR count). The molecule has 1 aliphatic heterocycles. The van der Waals surface area contributed by atoms with Gasteiger partial charge in [-0.2, -0.15) is 4.31 Å². The predicted octanol–water partition coefficient (Wildman–Crippen LogP) is 4.77. The Bertz CT molecular complexity index is 1550. The Morgan fingerprint density at radius 2 is 1.75 bits per heavy atom. The molecule has 4 aromatic rings. The summed E-state index contributed by atoms with van der Waals surface area (Å²) in [5, 5.41) is 0. The van der Waals surface area contributed by atoms with Crippen LogP contribution in [0.2, 0.25) is 0 Å². The fourth-order valence-electron chi connectivity index (χ4n) is 4.12. The maximum atomic E-state index is 13.4. The molecule has 0 radical (unpaired) electrons. The molecule has 2 heterocycles. The van der Waals surface area contributed by atoms with Crippen molar-refractivity contribution in [2.75, 3.05) is 11.4 Å². The van der Waals surface area contributed by atoms with Crippen LogP contribution in [0.4, 0.5) is 5.69 Å². The number of imide groups is 1. The van der Waals surface area contributed by atoms with Crippen LogP contribution in [-0.4, -0.2) is 42.1 Å². The highest BCUT2D eigenvalue weighted by Crippen LogP contribution is 2.31. The number of fused-ring (bicyclic) bond motifs is 1. The lowest BCUT2D eigenvalue weighted by atomic mass is 10.2. The molecule has 1 aromatic heterocycles. The third kappa shape index (κ3) is 4.27. The average molecular weight is 566 g/mol. The van der Waals surface area contributed by atoms with Gasteiger partial charge in [-0.15, -0.1) is 6.58 Å². The molecule has 0 spiro atoms. The summed E-state index contributed by atoms with van der Waals surface area (Å²) in [6.45, 7) is 3.51. The first-order valence-corrected chi connectivity index (χ1v) is 13.2. The molecule has 1 atom stereocenters. The summed E-state index contributed by atoms with van der Waals surface area (Å²) >= 11 is 3.29. The summed E-state index contributed by atoms with van der Waals surface area (Å²) in [6.07, 6.45) is 1.13. The minimum Gasteiger partial charge on any atom is -0.436 e. The summed E-state index contributed by atoms with van der Waals surface area (Å²) in [5.74, 6) is -0.686. The summed E-state index contributed by atoms with van der Waals surface area (Å²) in [4.78, 5) is 31.8. The molecule has 0 aliphatic carbocycles. The predicted molar refractivity (Wildman–Crippen MR) is 139 cm³/mol. The highest BCUT2D eigenvalue weighted by molar-refractivity contribution is 9.10. The van der Waals surface area contributed by atoms with Gasteiger partial charge in [-0.05, 0) is 60.7 Å². The first-order chi connectivity index (χ1) is 17.3. The second-order valence-electron chi connectivity index (χ2n) is 8.14. The molecule has 182 valence electrons. The van der Waals surface area contributed by atoms with E-state index in [9.17, 15) is 18.0 Å². The van der Waals surface area contributed by atoms with Gasteiger partial charge in [-0.1, -0.05) is 34.1 Å². The number of hydrogen-bond donors (Lipinski definition) is 0. The minimum absolute atomic E-state index is 0.0222. The first kappa shape index (κ1) is 24.1. The Labute approximate surface area is 216 Å². The maximum Gasteiger partial charge on any atom is 0.252 e. The smallest absolute Gasteiger partial charge is 0.252 e. The molecule has 3 aromatic carbocycles. The van der Waals surface area contributed by atoms with Crippen molar-refractivity contribution in [2.45, 2.75) is 17.4 Å². The van der Waals surface area contributed by atoms with Gasteiger partial charge in [0.25, 0.3) is 5.91 Å². The molecule has 1 fully saturated rings. The molecule has 2 amide bonds. The van der Waals surface area contributed by atoms with Gasteiger partial charge >= 0.3 is 0 Å². The van der Waals surface area contributed by atoms with E-state index in [-0.39, 0.29) is 17.9 Å². The van der Waals surface area contributed by atoms with Crippen molar-refractivity contribution >= 4 is 54.6 Å². The van der Waals surface area contributed by atoms with E-state index in [2.05, 4.69) is 27.5 Å². The van der Waals surface area contributed by atoms with E-state index in [1.165, 1.54) is 18.2 Å². The molecule has 1 unspecified atom stereocenters. The quantitative estimate of drug-likeness (QED) is 0.236. The van der Waals surface area contributed by atoms with Crippen LogP contribution in [0, 0.1) is 0 Å². The van der Waals surface area contributed by atoms with Crippen molar-refractivity contribution in [1.82, 2.24) is 9.29 Å². The zero-order valence-corrected chi connectivity index (χ0v) is 21.3. The fraction of sp³-hybridized carbons (Fsp3) is 0.115. The van der Waals surface area contributed by atoms with Crippen LogP contribution in [0.3, 0.4) is 0 Å². The monoisotopic (exact) mass is 565 g/mol. The Morgan fingerprint density at radius 3 is 2.42 bits per heavy atom. The van der Waals surface area contributed by atoms with Gasteiger partial charge in [-0.25, -0.2) is 18.3 Å². The van der Waals surface area contributed by atoms with Gasteiger partial charge in [-0.3, -0.25) is 9.59 Å². The Balaban J connectivity index is 1.43. The van der Waals surface area contributed by atoms with E-state index in [1.807, 2.05) is 24.3 Å². The van der Waals surface area contributed by atoms with Crippen molar-refractivity contribution in [3.63, 3.8) is 0 Å². The van der Waals surface area contributed by atoms with Gasteiger partial charge in [0.2, 0.25) is 21.8 Å². The summed E-state index contributed by atoms with van der Waals surface area (Å²) < 4.78 is 34.2. The number of aromatic nitrogens is 1. The summed E-state index contributed by atoms with van der Waals surface area (Å²) in [6, 6.07) is 18.9. The molecule has 0 N–H and O–H groups in total. The van der Waals surface area contributed by atoms with Crippen molar-refractivity contribution in [2.24, 2.45) is 0 Å². The normalized spacial score (nSPS) is 16.3. The summed E-state index contributed by atoms with van der Waals surface area (Å²) in [5.41, 5.74) is 2.39. The molecule has 1 aliphatic rings. The molecule has 1 saturated heterocycles. The van der Waals surface area contributed by atoms with Crippen LogP contribution in [0.5, 0.6) is 0 Å². The van der Waals surface area contributed by atoms with Crippen LogP contribution in [0.15, 0.2) is 99.2 Å². The van der Waals surface area contributed by atoms with Gasteiger partial charge in [0, 0.05) is 16.6 Å². The van der Waals surface area contributed by atoms with Crippen LogP contribution in [0.1, 0.15) is 6.42 Å². The van der Waals surface area contributed by atoms with Gasteiger partial charge < -0.3 is 4.42 Å². The van der Waals surface area contributed by atoms with Crippen LogP contribution in [-0.2, 0) is 19.6 Å². The number of nitrogens with zero attached hydrogens (tertiary/aromatic N) is 3.